The molecule has 1 aromatic rings. The molecule has 1 rings (SSSR count). The van der Waals surface area contributed by atoms with Crippen molar-refractivity contribution in [2.45, 2.75) is 64.2 Å². The maximum atomic E-state index is 11.9. The molecule has 0 aliphatic carbocycles. The predicted molar refractivity (Wildman–Crippen MR) is 140 cm³/mol. The molecule has 1 aromatic carbocycles. The predicted octanol–water partition coefficient (Wildman–Crippen LogP) is 5.61. The zero-order valence-electron chi connectivity index (χ0n) is 20.1. The van der Waals surface area contributed by atoms with Crippen molar-refractivity contribution in [1.82, 2.24) is 5.32 Å². The van der Waals surface area contributed by atoms with Gasteiger partial charge in [0.25, 0.3) is 0 Å². The smallest absolute Gasteiger partial charge is 0.220 e. The van der Waals surface area contributed by atoms with Crippen LogP contribution in [0, 0.1) is 0 Å². The van der Waals surface area contributed by atoms with Gasteiger partial charge < -0.3 is 20.6 Å². The SMILES string of the molecule is CC/C=C\C[C@H](O)/C=C/C=C\C=C\C=C\CC[C@@H](O)/C(O)=C\CCC(=O)NCc1ccccc1. The molecule has 0 heterocycles. The number of rotatable bonds is 16. The second-order valence-electron chi connectivity index (χ2n) is 7.79. The zero-order chi connectivity index (χ0) is 24.9. The first kappa shape index (κ1) is 28.9. The van der Waals surface area contributed by atoms with E-state index >= 15 is 0 Å². The fourth-order valence-electron chi connectivity index (χ4n) is 2.88. The highest BCUT2D eigenvalue weighted by Crippen LogP contribution is 2.09. The first-order valence-electron chi connectivity index (χ1n) is 11.9. The normalized spacial score (nSPS) is 14.7. The minimum absolute atomic E-state index is 0.0954. The molecule has 184 valence electrons. The molecule has 1 amide bonds. The molecule has 0 aromatic heterocycles. The van der Waals surface area contributed by atoms with Crippen LogP contribution in [0.1, 0.15) is 51.0 Å². The number of hydrogen-bond donors (Lipinski definition) is 4. The summed E-state index contributed by atoms with van der Waals surface area (Å²) in [5.41, 5.74) is 1.03. The average molecular weight is 466 g/mol. The van der Waals surface area contributed by atoms with Crippen molar-refractivity contribution in [3.63, 3.8) is 0 Å². The summed E-state index contributed by atoms with van der Waals surface area (Å²) in [6, 6.07) is 9.67. The topological polar surface area (TPSA) is 89.8 Å². The van der Waals surface area contributed by atoms with Gasteiger partial charge in [0.2, 0.25) is 5.91 Å². The Kier molecular flexibility index (Phi) is 16.4. The van der Waals surface area contributed by atoms with Gasteiger partial charge in [0.15, 0.2) is 0 Å². The summed E-state index contributed by atoms with van der Waals surface area (Å²) in [5.74, 6) is -0.191. The van der Waals surface area contributed by atoms with Crippen molar-refractivity contribution in [2.75, 3.05) is 0 Å². The van der Waals surface area contributed by atoms with Crippen molar-refractivity contribution in [3.8, 4) is 0 Å². The molecule has 0 radical (unpaired) electrons. The second-order valence-corrected chi connectivity index (χ2v) is 7.79. The van der Waals surface area contributed by atoms with Crippen LogP contribution < -0.4 is 5.32 Å². The molecule has 4 N–H and O–H groups in total. The molecule has 0 fully saturated rings. The fraction of sp³-hybridized carbons (Fsp3) is 0.345. The Balaban J connectivity index is 2.18. The van der Waals surface area contributed by atoms with Crippen LogP contribution >= 0.6 is 0 Å². The maximum Gasteiger partial charge on any atom is 0.220 e. The van der Waals surface area contributed by atoms with E-state index in [0.717, 1.165) is 12.0 Å². The van der Waals surface area contributed by atoms with Gasteiger partial charge in [-0.05, 0) is 43.7 Å². The van der Waals surface area contributed by atoms with Crippen LogP contribution in [0.5, 0.6) is 0 Å². The van der Waals surface area contributed by atoms with Gasteiger partial charge in [0, 0.05) is 13.0 Å². The molecule has 5 heteroatoms. The molecule has 0 aliphatic heterocycles. The first-order chi connectivity index (χ1) is 16.5. The van der Waals surface area contributed by atoms with E-state index in [1.54, 1.807) is 6.08 Å². The Bertz CT molecular complexity index is 850. The van der Waals surface area contributed by atoms with Crippen LogP contribution in [0.3, 0.4) is 0 Å². The molecule has 0 spiro atoms. The van der Waals surface area contributed by atoms with Crippen LogP contribution in [0.15, 0.2) is 103 Å². The lowest BCUT2D eigenvalue weighted by Gasteiger charge is -2.08. The maximum absolute atomic E-state index is 11.9. The molecule has 5 nitrogen and oxygen atoms in total. The molecule has 0 unspecified atom stereocenters. The monoisotopic (exact) mass is 465 g/mol. The van der Waals surface area contributed by atoms with Crippen molar-refractivity contribution in [1.29, 1.82) is 0 Å². The number of aliphatic hydroxyl groups excluding tert-OH is 3. The lowest BCUT2D eigenvalue weighted by Crippen LogP contribution is -2.22. The van der Waals surface area contributed by atoms with E-state index in [0.29, 0.717) is 32.2 Å². The molecular formula is C29H39NO4. The molecule has 0 saturated carbocycles. The third-order valence-corrected chi connectivity index (χ3v) is 4.81. The van der Waals surface area contributed by atoms with E-state index in [2.05, 4.69) is 12.2 Å². The second kappa shape index (κ2) is 19.3. The number of amides is 1. The zero-order valence-corrected chi connectivity index (χ0v) is 20.1. The van der Waals surface area contributed by atoms with Gasteiger partial charge in [-0.1, -0.05) is 98.0 Å². The fourth-order valence-corrected chi connectivity index (χ4v) is 2.88. The highest BCUT2D eigenvalue weighted by atomic mass is 16.3. The lowest BCUT2D eigenvalue weighted by molar-refractivity contribution is -0.121. The quantitative estimate of drug-likeness (QED) is 0.145. The van der Waals surface area contributed by atoms with E-state index in [1.807, 2.05) is 85.0 Å². The summed E-state index contributed by atoms with van der Waals surface area (Å²) < 4.78 is 0. The first-order valence-corrected chi connectivity index (χ1v) is 11.9. The van der Waals surface area contributed by atoms with E-state index in [9.17, 15) is 20.1 Å². The van der Waals surface area contributed by atoms with E-state index in [-0.39, 0.29) is 18.1 Å². The van der Waals surface area contributed by atoms with E-state index in [1.165, 1.54) is 6.08 Å². The third kappa shape index (κ3) is 15.6. The summed E-state index contributed by atoms with van der Waals surface area (Å²) in [5, 5.41) is 32.6. The highest BCUT2D eigenvalue weighted by Gasteiger charge is 2.08. The number of allylic oxidation sites excluding steroid dienone is 9. The number of carbonyl (C=O) groups excluding carboxylic acids is 1. The van der Waals surface area contributed by atoms with E-state index in [4.69, 9.17) is 0 Å². The minimum atomic E-state index is -0.940. The Morgan fingerprint density at radius 2 is 1.65 bits per heavy atom. The Morgan fingerprint density at radius 1 is 0.941 bits per heavy atom. The lowest BCUT2D eigenvalue weighted by atomic mass is 10.1. The summed E-state index contributed by atoms with van der Waals surface area (Å²) >= 11 is 0. The van der Waals surface area contributed by atoms with Crippen molar-refractivity contribution in [3.05, 3.63) is 108 Å². The average Bonchev–Trinajstić information content (AvgIpc) is 2.84. The summed E-state index contributed by atoms with van der Waals surface area (Å²) in [4.78, 5) is 11.9. The van der Waals surface area contributed by atoms with Gasteiger partial charge in [-0.2, -0.15) is 0 Å². The molecule has 2 atom stereocenters. The summed E-state index contributed by atoms with van der Waals surface area (Å²) in [6.07, 6.45) is 22.2. The van der Waals surface area contributed by atoms with Gasteiger partial charge >= 0.3 is 0 Å². The van der Waals surface area contributed by atoms with Gasteiger partial charge in [-0.25, -0.2) is 0 Å². The molecule has 34 heavy (non-hydrogen) atoms. The number of benzene rings is 1. The molecule has 0 saturated heterocycles. The van der Waals surface area contributed by atoms with Crippen LogP contribution in [0.25, 0.3) is 0 Å². The molecular weight excluding hydrogens is 426 g/mol. The van der Waals surface area contributed by atoms with Crippen LogP contribution in [-0.4, -0.2) is 33.4 Å². The summed E-state index contributed by atoms with van der Waals surface area (Å²) in [7, 11) is 0. The van der Waals surface area contributed by atoms with Gasteiger partial charge in [-0.15, -0.1) is 0 Å². The molecule has 0 bridgehead atoms. The molecule has 0 aliphatic rings. The van der Waals surface area contributed by atoms with Gasteiger partial charge in [0.1, 0.15) is 11.9 Å². The summed E-state index contributed by atoms with van der Waals surface area (Å²) in [6.45, 7) is 2.54. The number of hydrogen-bond acceptors (Lipinski definition) is 4. The van der Waals surface area contributed by atoms with Crippen LogP contribution in [-0.2, 0) is 11.3 Å². The van der Waals surface area contributed by atoms with Gasteiger partial charge in [-0.3, -0.25) is 4.79 Å². The number of aliphatic hydroxyl groups is 3. The third-order valence-electron chi connectivity index (χ3n) is 4.81. The standard InChI is InChI=1S/C29H39NO4/c1-2-3-11-19-26(31)20-14-8-6-4-5-7-9-15-21-27(32)28(33)22-16-23-29(34)30-24-25-17-12-10-13-18-25/h3-14,17-18,20,22,26-27,31-33H,2,15-16,19,21,23-24H2,1H3,(H,30,34)/b5-4+,8-6-,9-7+,11-3-,20-14+,28-22+/t26-,27+/m0/s1. The van der Waals surface area contributed by atoms with Crippen molar-refractivity contribution in [2.24, 2.45) is 0 Å². The number of nitrogens with one attached hydrogen (secondary N) is 1. The Morgan fingerprint density at radius 3 is 2.38 bits per heavy atom. The van der Waals surface area contributed by atoms with Crippen molar-refractivity contribution >= 4 is 5.91 Å². The minimum Gasteiger partial charge on any atom is -0.510 e. The van der Waals surface area contributed by atoms with E-state index < -0.39 is 12.2 Å². The van der Waals surface area contributed by atoms with Crippen LogP contribution in [0.4, 0.5) is 0 Å². The highest BCUT2D eigenvalue weighted by molar-refractivity contribution is 5.76. The largest absolute Gasteiger partial charge is 0.510 e. The van der Waals surface area contributed by atoms with Gasteiger partial charge in [0.05, 0.1) is 6.10 Å². The van der Waals surface area contributed by atoms with Crippen LogP contribution in [0.2, 0.25) is 0 Å². The Hall–Kier alpha value is -3.15. The Labute approximate surface area is 204 Å². The number of carbonyl (C=O) groups is 1. The van der Waals surface area contributed by atoms with Crippen molar-refractivity contribution < 1.29 is 20.1 Å².